The van der Waals surface area contributed by atoms with E-state index in [-0.39, 0.29) is 0 Å². The Hall–Kier alpha value is -0.300. The molecule has 40 valence electrons. The predicted octanol–water partition coefficient (Wildman–Crippen LogP) is 1.35. The SMILES string of the molecule is CC/C=C/[C@@H]1CO1. The topological polar surface area (TPSA) is 12.5 Å². The van der Waals surface area contributed by atoms with Gasteiger partial charge in [0.1, 0.15) is 0 Å². The standard InChI is InChI=1S/C6H10O/c1-2-3-4-6-5-7-6/h3-4,6H,2,5H2,1H3/b4-3+/t6-/m1/s1. The highest BCUT2D eigenvalue weighted by atomic mass is 16.6. The van der Waals surface area contributed by atoms with E-state index in [1.165, 1.54) is 0 Å². The molecule has 0 aromatic carbocycles. The van der Waals surface area contributed by atoms with Gasteiger partial charge in [-0.1, -0.05) is 19.1 Å². The highest BCUT2D eigenvalue weighted by Crippen LogP contribution is 2.09. The van der Waals surface area contributed by atoms with Gasteiger partial charge in [-0.05, 0) is 6.42 Å². The molecule has 1 rings (SSSR count). The second-order valence-electron chi connectivity index (χ2n) is 1.71. The Morgan fingerprint density at radius 3 is 3.00 bits per heavy atom. The van der Waals surface area contributed by atoms with Crippen molar-refractivity contribution < 1.29 is 4.74 Å². The van der Waals surface area contributed by atoms with Crippen LogP contribution in [0.5, 0.6) is 0 Å². The summed E-state index contributed by atoms with van der Waals surface area (Å²) in [4.78, 5) is 0. The van der Waals surface area contributed by atoms with E-state index in [1.807, 2.05) is 0 Å². The Morgan fingerprint density at radius 1 is 1.86 bits per heavy atom. The molecule has 0 bridgehead atoms. The zero-order chi connectivity index (χ0) is 5.11. The predicted molar refractivity (Wildman–Crippen MR) is 29.2 cm³/mol. The van der Waals surface area contributed by atoms with Gasteiger partial charge in [0.2, 0.25) is 0 Å². The molecule has 0 aromatic rings. The van der Waals surface area contributed by atoms with Crippen LogP contribution in [-0.4, -0.2) is 12.7 Å². The summed E-state index contributed by atoms with van der Waals surface area (Å²) in [6, 6.07) is 0. The van der Waals surface area contributed by atoms with Crippen LogP contribution in [0.15, 0.2) is 12.2 Å². The van der Waals surface area contributed by atoms with Gasteiger partial charge >= 0.3 is 0 Å². The minimum absolute atomic E-state index is 0.472. The Kier molecular flexibility index (Phi) is 1.47. The summed E-state index contributed by atoms with van der Waals surface area (Å²) in [6.45, 7) is 3.06. The maximum absolute atomic E-state index is 4.92. The average molecular weight is 98.1 g/mol. The number of allylic oxidation sites excluding steroid dienone is 1. The zero-order valence-corrected chi connectivity index (χ0v) is 4.55. The Morgan fingerprint density at radius 2 is 2.57 bits per heavy atom. The lowest BCUT2D eigenvalue weighted by Crippen LogP contribution is -1.70. The van der Waals surface area contributed by atoms with Gasteiger partial charge in [0, 0.05) is 0 Å². The molecule has 1 aliphatic heterocycles. The van der Waals surface area contributed by atoms with Crippen LogP contribution in [-0.2, 0) is 4.74 Å². The molecule has 0 aromatic heterocycles. The van der Waals surface area contributed by atoms with E-state index in [0.717, 1.165) is 13.0 Å². The van der Waals surface area contributed by atoms with Crippen LogP contribution in [0, 0.1) is 0 Å². The Labute approximate surface area is 44.0 Å². The number of ether oxygens (including phenoxy) is 1. The lowest BCUT2D eigenvalue weighted by atomic mass is 10.3. The molecule has 0 unspecified atom stereocenters. The first-order valence-corrected chi connectivity index (χ1v) is 2.71. The molecular formula is C6H10O. The van der Waals surface area contributed by atoms with Gasteiger partial charge in [-0.2, -0.15) is 0 Å². The molecule has 0 N–H and O–H groups in total. The fourth-order valence-electron chi connectivity index (χ4n) is 0.455. The van der Waals surface area contributed by atoms with Crippen molar-refractivity contribution in [1.82, 2.24) is 0 Å². The molecule has 1 heterocycles. The quantitative estimate of drug-likeness (QED) is 0.375. The smallest absolute Gasteiger partial charge is 0.0991 e. The van der Waals surface area contributed by atoms with Crippen LogP contribution in [0.25, 0.3) is 0 Å². The highest BCUT2D eigenvalue weighted by molar-refractivity contribution is 4.94. The molecule has 0 spiro atoms. The van der Waals surface area contributed by atoms with E-state index in [2.05, 4.69) is 19.1 Å². The van der Waals surface area contributed by atoms with Gasteiger partial charge in [0.25, 0.3) is 0 Å². The normalized spacial score (nSPS) is 29.0. The molecule has 1 atom stereocenters. The van der Waals surface area contributed by atoms with Crippen molar-refractivity contribution in [2.75, 3.05) is 6.61 Å². The molecule has 1 heteroatoms. The van der Waals surface area contributed by atoms with Crippen LogP contribution < -0.4 is 0 Å². The fourth-order valence-corrected chi connectivity index (χ4v) is 0.455. The minimum Gasteiger partial charge on any atom is -0.369 e. The molecule has 7 heavy (non-hydrogen) atoms. The molecule has 1 saturated heterocycles. The van der Waals surface area contributed by atoms with E-state index < -0.39 is 0 Å². The van der Waals surface area contributed by atoms with Crippen molar-refractivity contribution >= 4 is 0 Å². The van der Waals surface area contributed by atoms with Crippen molar-refractivity contribution in [2.24, 2.45) is 0 Å². The van der Waals surface area contributed by atoms with E-state index in [1.54, 1.807) is 0 Å². The summed E-state index contributed by atoms with van der Waals surface area (Å²) >= 11 is 0. The summed E-state index contributed by atoms with van der Waals surface area (Å²) in [5, 5.41) is 0. The molecule has 0 aliphatic carbocycles. The Balaban J connectivity index is 2.05. The zero-order valence-electron chi connectivity index (χ0n) is 4.55. The summed E-state index contributed by atoms with van der Waals surface area (Å²) < 4.78 is 4.92. The maximum atomic E-state index is 4.92. The van der Waals surface area contributed by atoms with Crippen molar-refractivity contribution in [3.8, 4) is 0 Å². The largest absolute Gasteiger partial charge is 0.369 e. The molecule has 1 fully saturated rings. The maximum Gasteiger partial charge on any atom is 0.0991 e. The number of rotatable bonds is 2. The molecule has 0 amide bonds. The summed E-state index contributed by atoms with van der Waals surface area (Å²) in [5.41, 5.74) is 0. The second-order valence-corrected chi connectivity index (χ2v) is 1.71. The fraction of sp³-hybridized carbons (Fsp3) is 0.667. The number of hydrogen-bond acceptors (Lipinski definition) is 1. The van der Waals surface area contributed by atoms with E-state index in [9.17, 15) is 0 Å². The van der Waals surface area contributed by atoms with E-state index >= 15 is 0 Å². The molecular weight excluding hydrogens is 88.1 g/mol. The summed E-state index contributed by atoms with van der Waals surface area (Å²) in [5.74, 6) is 0. The van der Waals surface area contributed by atoms with Crippen LogP contribution in [0.1, 0.15) is 13.3 Å². The van der Waals surface area contributed by atoms with Gasteiger partial charge in [-0.15, -0.1) is 0 Å². The third-order valence-corrected chi connectivity index (χ3v) is 0.946. The van der Waals surface area contributed by atoms with Gasteiger partial charge < -0.3 is 4.74 Å². The highest BCUT2D eigenvalue weighted by Gasteiger charge is 2.17. The molecule has 0 saturated carbocycles. The van der Waals surface area contributed by atoms with Gasteiger partial charge in [0.15, 0.2) is 0 Å². The number of epoxide rings is 1. The molecule has 0 radical (unpaired) electrons. The van der Waals surface area contributed by atoms with Crippen LogP contribution >= 0.6 is 0 Å². The first kappa shape index (κ1) is 4.85. The van der Waals surface area contributed by atoms with Crippen LogP contribution in [0.3, 0.4) is 0 Å². The Bertz CT molecular complexity index is 72.2. The van der Waals surface area contributed by atoms with Crippen molar-refractivity contribution in [3.63, 3.8) is 0 Å². The van der Waals surface area contributed by atoms with Crippen molar-refractivity contribution in [2.45, 2.75) is 19.4 Å². The monoisotopic (exact) mass is 98.1 g/mol. The summed E-state index contributed by atoms with van der Waals surface area (Å²) in [6.07, 6.45) is 5.84. The van der Waals surface area contributed by atoms with Crippen LogP contribution in [0.2, 0.25) is 0 Å². The van der Waals surface area contributed by atoms with Crippen LogP contribution in [0.4, 0.5) is 0 Å². The summed E-state index contributed by atoms with van der Waals surface area (Å²) in [7, 11) is 0. The van der Waals surface area contributed by atoms with Gasteiger partial charge in [-0.3, -0.25) is 0 Å². The molecule has 1 aliphatic rings. The average Bonchev–Trinajstić information content (AvgIpc) is 2.42. The minimum atomic E-state index is 0.472. The van der Waals surface area contributed by atoms with Crippen molar-refractivity contribution in [1.29, 1.82) is 0 Å². The third kappa shape index (κ3) is 1.74. The second kappa shape index (κ2) is 2.12. The first-order chi connectivity index (χ1) is 3.43. The van der Waals surface area contributed by atoms with Gasteiger partial charge in [0.05, 0.1) is 12.7 Å². The van der Waals surface area contributed by atoms with Crippen molar-refractivity contribution in [3.05, 3.63) is 12.2 Å². The lowest BCUT2D eigenvalue weighted by Gasteiger charge is -1.73. The van der Waals surface area contributed by atoms with E-state index in [4.69, 9.17) is 4.74 Å². The van der Waals surface area contributed by atoms with E-state index in [0.29, 0.717) is 6.10 Å². The molecule has 1 nitrogen and oxygen atoms in total. The number of hydrogen-bond donors (Lipinski definition) is 0. The first-order valence-electron chi connectivity index (χ1n) is 2.71. The lowest BCUT2D eigenvalue weighted by molar-refractivity contribution is 0.440. The van der Waals surface area contributed by atoms with Gasteiger partial charge in [-0.25, -0.2) is 0 Å². The third-order valence-electron chi connectivity index (χ3n) is 0.946.